The number of imide groups is 1. The monoisotopic (exact) mass is 412 g/mol. The SMILES string of the molecule is CCCN1CCC2(CC1)NC(=O)N(C1CCN(C(=O)Cc3ccccc3)CC1)C2=O. The van der Waals surface area contributed by atoms with E-state index in [1.165, 1.54) is 4.90 Å². The molecule has 0 aromatic heterocycles. The highest BCUT2D eigenvalue weighted by Gasteiger charge is 2.54. The third-order valence-corrected chi connectivity index (χ3v) is 6.82. The molecular weight excluding hydrogens is 380 g/mol. The summed E-state index contributed by atoms with van der Waals surface area (Å²) in [6.07, 6.45) is 4.16. The van der Waals surface area contributed by atoms with Crippen LogP contribution in [0, 0.1) is 0 Å². The predicted octanol–water partition coefficient (Wildman–Crippen LogP) is 2.02. The molecule has 7 nitrogen and oxygen atoms in total. The van der Waals surface area contributed by atoms with Crippen LogP contribution in [0.5, 0.6) is 0 Å². The molecule has 162 valence electrons. The molecule has 0 aliphatic carbocycles. The molecule has 3 aliphatic heterocycles. The van der Waals surface area contributed by atoms with Gasteiger partial charge < -0.3 is 15.1 Å². The van der Waals surface area contributed by atoms with Gasteiger partial charge in [-0.15, -0.1) is 0 Å². The normalized spacial score (nSPS) is 22.6. The number of carbonyl (C=O) groups is 3. The lowest BCUT2D eigenvalue weighted by Crippen LogP contribution is -2.55. The van der Waals surface area contributed by atoms with Crippen LogP contribution in [0.1, 0.15) is 44.6 Å². The first-order chi connectivity index (χ1) is 14.5. The molecule has 3 heterocycles. The van der Waals surface area contributed by atoms with Crippen LogP contribution in [0.25, 0.3) is 0 Å². The van der Waals surface area contributed by atoms with E-state index in [1.807, 2.05) is 35.2 Å². The molecule has 3 saturated heterocycles. The number of benzene rings is 1. The third kappa shape index (κ3) is 4.08. The number of likely N-dealkylation sites (tertiary alicyclic amines) is 2. The van der Waals surface area contributed by atoms with Crippen LogP contribution >= 0.6 is 0 Å². The highest BCUT2D eigenvalue weighted by Crippen LogP contribution is 2.32. The first kappa shape index (κ1) is 20.8. The number of rotatable bonds is 5. The van der Waals surface area contributed by atoms with Gasteiger partial charge in [0.25, 0.3) is 5.91 Å². The molecule has 0 radical (unpaired) electrons. The summed E-state index contributed by atoms with van der Waals surface area (Å²) >= 11 is 0. The van der Waals surface area contributed by atoms with Gasteiger partial charge in [0.1, 0.15) is 5.54 Å². The van der Waals surface area contributed by atoms with Crippen LogP contribution in [-0.2, 0) is 16.0 Å². The number of nitrogens with zero attached hydrogens (tertiary/aromatic N) is 3. The van der Waals surface area contributed by atoms with Crippen molar-refractivity contribution >= 4 is 17.8 Å². The summed E-state index contributed by atoms with van der Waals surface area (Å²) in [6.45, 7) is 6.07. The van der Waals surface area contributed by atoms with Crippen LogP contribution in [0.3, 0.4) is 0 Å². The summed E-state index contributed by atoms with van der Waals surface area (Å²) in [5.41, 5.74) is 0.289. The highest BCUT2D eigenvalue weighted by atomic mass is 16.2. The van der Waals surface area contributed by atoms with E-state index in [0.29, 0.717) is 45.2 Å². The fourth-order valence-electron chi connectivity index (χ4n) is 5.04. The maximum absolute atomic E-state index is 13.3. The summed E-state index contributed by atoms with van der Waals surface area (Å²) in [5.74, 6) is 0.0503. The van der Waals surface area contributed by atoms with Gasteiger partial charge in [-0.25, -0.2) is 4.79 Å². The molecule has 4 rings (SSSR count). The van der Waals surface area contributed by atoms with Crippen LogP contribution < -0.4 is 5.32 Å². The van der Waals surface area contributed by atoms with E-state index >= 15 is 0 Å². The molecule has 0 unspecified atom stereocenters. The average molecular weight is 413 g/mol. The van der Waals surface area contributed by atoms with Crippen LogP contribution in [-0.4, -0.2) is 76.8 Å². The number of amides is 4. The smallest absolute Gasteiger partial charge is 0.325 e. The van der Waals surface area contributed by atoms with Crippen molar-refractivity contribution in [1.29, 1.82) is 0 Å². The Hall–Kier alpha value is -2.41. The molecule has 1 spiro atoms. The van der Waals surface area contributed by atoms with Gasteiger partial charge in [0.15, 0.2) is 0 Å². The summed E-state index contributed by atoms with van der Waals surface area (Å²) in [4.78, 5) is 44.3. The van der Waals surface area contributed by atoms with Crippen molar-refractivity contribution < 1.29 is 14.4 Å². The summed E-state index contributed by atoms with van der Waals surface area (Å²) < 4.78 is 0. The first-order valence-electron chi connectivity index (χ1n) is 11.2. The summed E-state index contributed by atoms with van der Waals surface area (Å²) in [6, 6.07) is 9.37. The van der Waals surface area contributed by atoms with E-state index < -0.39 is 5.54 Å². The summed E-state index contributed by atoms with van der Waals surface area (Å²) in [7, 11) is 0. The average Bonchev–Trinajstić information content (AvgIpc) is 3.00. The molecule has 0 bridgehead atoms. The molecule has 3 aliphatic rings. The zero-order chi connectivity index (χ0) is 21.1. The van der Waals surface area contributed by atoms with Gasteiger partial charge in [-0.2, -0.15) is 0 Å². The van der Waals surface area contributed by atoms with Crippen molar-refractivity contribution in [3.05, 3.63) is 35.9 Å². The van der Waals surface area contributed by atoms with Crippen molar-refractivity contribution in [2.24, 2.45) is 0 Å². The fourth-order valence-corrected chi connectivity index (χ4v) is 5.04. The zero-order valence-corrected chi connectivity index (χ0v) is 17.8. The second-order valence-corrected chi connectivity index (χ2v) is 8.80. The quantitative estimate of drug-likeness (QED) is 0.751. The molecule has 4 amide bonds. The number of hydrogen-bond donors (Lipinski definition) is 1. The number of urea groups is 1. The molecule has 1 aromatic carbocycles. The fraction of sp³-hybridized carbons (Fsp3) is 0.609. The van der Waals surface area contributed by atoms with E-state index in [0.717, 1.165) is 31.6 Å². The van der Waals surface area contributed by atoms with Gasteiger partial charge in [-0.1, -0.05) is 37.3 Å². The van der Waals surface area contributed by atoms with E-state index in [9.17, 15) is 14.4 Å². The number of hydrogen-bond acceptors (Lipinski definition) is 4. The first-order valence-corrected chi connectivity index (χ1v) is 11.2. The topological polar surface area (TPSA) is 73.0 Å². The maximum Gasteiger partial charge on any atom is 0.325 e. The minimum absolute atomic E-state index is 0.0577. The van der Waals surface area contributed by atoms with Gasteiger partial charge in [-0.3, -0.25) is 14.5 Å². The third-order valence-electron chi connectivity index (χ3n) is 6.82. The molecule has 1 aromatic rings. The Morgan fingerprint density at radius 3 is 2.37 bits per heavy atom. The largest absolute Gasteiger partial charge is 0.342 e. The van der Waals surface area contributed by atoms with Gasteiger partial charge in [0, 0.05) is 32.2 Å². The Balaban J connectivity index is 1.33. The van der Waals surface area contributed by atoms with Gasteiger partial charge >= 0.3 is 6.03 Å². The van der Waals surface area contributed by atoms with E-state index in [2.05, 4.69) is 17.1 Å². The number of carbonyl (C=O) groups excluding carboxylic acids is 3. The molecule has 7 heteroatoms. The van der Waals surface area contributed by atoms with Crippen molar-refractivity contribution in [3.63, 3.8) is 0 Å². The Bertz CT molecular complexity index is 781. The Kier molecular flexibility index (Phi) is 6.09. The molecule has 30 heavy (non-hydrogen) atoms. The van der Waals surface area contributed by atoms with Gasteiger partial charge in [0.2, 0.25) is 5.91 Å². The van der Waals surface area contributed by atoms with Crippen LogP contribution in [0.4, 0.5) is 4.79 Å². The van der Waals surface area contributed by atoms with Gasteiger partial charge in [0.05, 0.1) is 6.42 Å². The molecule has 0 saturated carbocycles. The highest BCUT2D eigenvalue weighted by molar-refractivity contribution is 6.07. The lowest BCUT2D eigenvalue weighted by Gasteiger charge is -2.38. The molecule has 0 atom stereocenters. The van der Waals surface area contributed by atoms with Crippen molar-refractivity contribution in [3.8, 4) is 0 Å². The summed E-state index contributed by atoms with van der Waals surface area (Å²) in [5, 5.41) is 3.03. The Morgan fingerprint density at radius 2 is 1.73 bits per heavy atom. The Morgan fingerprint density at radius 1 is 1.07 bits per heavy atom. The van der Waals surface area contributed by atoms with Crippen molar-refractivity contribution in [2.45, 2.75) is 57.0 Å². The zero-order valence-electron chi connectivity index (χ0n) is 17.8. The lowest BCUT2D eigenvalue weighted by atomic mass is 9.87. The van der Waals surface area contributed by atoms with Crippen LogP contribution in [0.2, 0.25) is 0 Å². The standard InChI is InChI=1S/C23H32N4O3/c1-2-12-25-15-10-23(11-16-25)21(29)27(22(30)24-23)19-8-13-26(14-9-19)20(28)17-18-6-4-3-5-7-18/h3-7,19H,2,8-17H2,1H3,(H,24,30). The van der Waals surface area contributed by atoms with Crippen LogP contribution in [0.15, 0.2) is 30.3 Å². The minimum atomic E-state index is -0.721. The second kappa shape index (κ2) is 8.76. The minimum Gasteiger partial charge on any atom is -0.342 e. The van der Waals surface area contributed by atoms with E-state index in [1.54, 1.807) is 0 Å². The lowest BCUT2D eigenvalue weighted by molar-refractivity contribution is -0.136. The second-order valence-electron chi connectivity index (χ2n) is 8.80. The van der Waals surface area contributed by atoms with Gasteiger partial charge in [-0.05, 0) is 44.2 Å². The van der Waals surface area contributed by atoms with Crippen molar-refractivity contribution in [2.75, 3.05) is 32.7 Å². The Labute approximate surface area is 178 Å². The molecular formula is C23H32N4O3. The molecule has 1 N–H and O–H groups in total. The van der Waals surface area contributed by atoms with Crippen molar-refractivity contribution in [1.82, 2.24) is 20.0 Å². The van der Waals surface area contributed by atoms with E-state index in [4.69, 9.17) is 0 Å². The predicted molar refractivity (Wildman–Crippen MR) is 114 cm³/mol. The maximum atomic E-state index is 13.3. The number of piperidine rings is 2. The number of nitrogens with one attached hydrogen (secondary N) is 1. The van der Waals surface area contributed by atoms with E-state index in [-0.39, 0.29) is 23.9 Å². The molecule has 3 fully saturated rings.